The van der Waals surface area contributed by atoms with Gasteiger partial charge in [0.1, 0.15) is 0 Å². The summed E-state index contributed by atoms with van der Waals surface area (Å²) in [4.78, 5) is 38.5. The van der Waals surface area contributed by atoms with Gasteiger partial charge in [-0.1, -0.05) is 26.7 Å². The zero-order valence-electron chi connectivity index (χ0n) is 22.7. The van der Waals surface area contributed by atoms with Crippen LogP contribution in [0.3, 0.4) is 0 Å². The lowest BCUT2D eigenvalue weighted by molar-refractivity contribution is -0.147. The quantitative estimate of drug-likeness (QED) is 0.134. The lowest BCUT2D eigenvalue weighted by Crippen LogP contribution is -2.24. The second kappa shape index (κ2) is 14.1. The van der Waals surface area contributed by atoms with Crippen molar-refractivity contribution in [2.24, 2.45) is 10.8 Å². The Morgan fingerprint density at radius 2 is 1.30 bits per heavy atom. The lowest BCUT2D eigenvalue weighted by atomic mass is 9.87. The van der Waals surface area contributed by atoms with Crippen molar-refractivity contribution in [2.45, 2.75) is 105 Å². The van der Waals surface area contributed by atoms with Crippen LogP contribution in [0.2, 0.25) is 0 Å². The molecule has 37 heavy (non-hydrogen) atoms. The lowest BCUT2D eigenvalue weighted by Gasteiger charge is -2.23. The van der Waals surface area contributed by atoms with Gasteiger partial charge in [0.2, 0.25) is 0 Å². The second-order valence-corrected chi connectivity index (χ2v) is 15.3. The van der Waals surface area contributed by atoms with Crippen LogP contribution in [0.4, 0.5) is 0 Å². The summed E-state index contributed by atoms with van der Waals surface area (Å²) in [5.41, 5.74) is -0.960. The molecule has 0 saturated carbocycles. The van der Waals surface area contributed by atoms with E-state index in [1.54, 1.807) is 13.8 Å². The smallest absolute Gasteiger partial charge is 0.309 e. The molecular weight excluding hydrogens is 512 g/mol. The molecule has 2 aliphatic heterocycles. The highest BCUT2D eigenvalue weighted by atomic mass is 32.2. The minimum absolute atomic E-state index is 0.0649. The third kappa shape index (κ3) is 10.0. The summed E-state index contributed by atoms with van der Waals surface area (Å²) in [6, 6.07) is 0. The number of thiol groups is 2. The van der Waals surface area contributed by atoms with E-state index in [0.29, 0.717) is 64.5 Å². The first-order chi connectivity index (χ1) is 17.3. The van der Waals surface area contributed by atoms with Gasteiger partial charge in [-0.05, 0) is 44.9 Å². The van der Waals surface area contributed by atoms with Crippen LogP contribution in [0.25, 0.3) is 0 Å². The maximum absolute atomic E-state index is 13.2. The Kier molecular flexibility index (Phi) is 12.1. The first-order valence-electron chi connectivity index (χ1n) is 13.2. The van der Waals surface area contributed by atoms with Crippen molar-refractivity contribution in [3.05, 3.63) is 22.0 Å². The molecule has 2 heterocycles. The maximum Gasteiger partial charge on any atom is 0.309 e. The number of hydrogen-bond acceptors (Lipinski definition) is 6. The maximum atomic E-state index is 13.2. The van der Waals surface area contributed by atoms with Crippen LogP contribution in [-0.4, -0.2) is 53.2 Å². The molecule has 210 valence electrons. The SMILES string of the molecule is CC(C)(CO)CCCCC1=CC(=O)CC(CCC2=CC(=O)CC(CCCCC(C)(C)C(=O)O)=[SH+]2[O-])=[SH+]1[O-]. The van der Waals surface area contributed by atoms with Crippen LogP contribution < -0.4 is 0 Å². The zero-order chi connectivity index (χ0) is 27.8. The molecule has 2 rings (SSSR count). The molecule has 0 spiro atoms. The van der Waals surface area contributed by atoms with E-state index in [9.17, 15) is 33.7 Å². The number of rotatable bonds is 15. The molecule has 0 aromatic rings. The molecule has 2 N–H and O–H groups in total. The van der Waals surface area contributed by atoms with Crippen molar-refractivity contribution in [3.8, 4) is 0 Å². The Labute approximate surface area is 226 Å². The van der Waals surface area contributed by atoms with E-state index in [1.165, 1.54) is 12.2 Å². The number of hydrogen-bond donors (Lipinski definition) is 2. The minimum atomic E-state index is -1.83. The van der Waals surface area contributed by atoms with E-state index >= 15 is 0 Å². The molecule has 0 radical (unpaired) electrons. The minimum Gasteiger partial charge on any atom is -0.646 e. The Hall–Kier alpha value is -1.39. The van der Waals surface area contributed by atoms with Gasteiger partial charge in [-0.25, -0.2) is 0 Å². The molecule has 2 unspecified atom stereocenters. The fraction of sp³-hybridized carbons (Fsp3) is 0.679. The molecule has 2 atom stereocenters. The Morgan fingerprint density at radius 1 is 0.811 bits per heavy atom. The normalized spacial score (nSPS) is 21.3. The topological polar surface area (TPSA) is 138 Å². The van der Waals surface area contributed by atoms with E-state index < -0.39 is 32.9 Å². The van der Waals surface area contributed by atoms with Crippen LogP contribution in [0, 0.1) is 10.8 Å². The Balaban J connectivity index is 1.97. The average molecular weight is 557 g/mol. The molecular formula is C28H44O7S2. The number of ketones is 2. The highest BCUT2D eigenvalue weighted by Gasteiger charge is 2.27. The van der Waals surface area contributed by atoms with Gasteiger partial charge in [-0.15, -0.1) is 0 Å². The molecule has 0 fully saturated rings. The molecule has 0 aliphatic carbocycles. The summed E-state index contributed by atoms with van der Waals surface area (Å²) in [7, 11) is -3.62. The number of carbonyl (C=O) groups excluding carboxylic acids is 2. The van der Waals surface area contributed by atoms with Gasteiger partial charge in [0.05, 0.1) is 37.8 Å². The zero-order valence-corrected chi connectivity index (χ0v) is 24.5. The monoisotopic (exact) mass is 556 g/mol. The number of aliphatic carboxylic acids is 1. The van der Waals surface area contributed by atoms with Crippen LogP contribution in [0.5, 0.6) is 0 Å². The highest BCUT2D eigenvalue weighted by Crippen LogP contribution is 2.28. The fourth-order valence-corrected chi connectivity index (χ4v) is 7.82. The van der Waals surface area contributed by atoms with E-state index in [4.69, 9.17) is 0 Å². The predicted molar refractivity (Wildman–Crippen MR) is 153 cm³/mol. The van der Waals surface area contributed by atoms with Gasteiger partial charge in [-0.2, -0.15) is 21.5 Å². The summed E-state index contributed by atoms with van der Waals surface area (Å²) >= 11 is 0. The Bertz CT molecular complexity index is 1020. The fourth-order valence-electron chi connectivity index (χ4n) is 4.53. The van der Waals surface area contributed by atoms with Gasteiger partial charge in [0, 0.05) is 44.4 Å². The molecule has 7 nitrogen and oxygen atoms in total. The van der Waals surface area contributed by atoms with Crippen molar-refractivity contribution in [3.63, 3.8) is 0 Å². The van der Waals surface area contributed by atoms with Gasteiger partial charge in [-0.3, -0.25) is 14.4 Å². The van der Waals surface area contributed by atoms with E-state index in [0.717, 1.165) is 19.3 Å². The van der Waals surface area contributed by atoms with Crippen LogP contribution in [0.15, 0.2) is 22.0 Å². The van der Waals surface area contributed by atoms with E-state index in [1.807, 2.05) is 13.8 Å². The molecule has 9 heteroatoms. The first kappa shape index (κ1) is 31.8. The summed E-state index contributed by atoms with van der Waals surface area (Å²) in [5.74, 6) is -0.999. The van der Waals surface area contributed by atoms with Crippen molar-refractivity contribution < 1.29 is 33.7 Å². The number of unbranched alkanes of at least 4 members (excludes halogenated alkanes) is 2. The number of carboxylic acid groups (broad SMARTS) is 1. The highest BCUT2D eigenvalue weighted by molar-refractivity contribution is 7.95. The third-order valence-electron chi connectivity index (χ3n) is 7.24. The number of carbonyl (C=O) groups is 3. The summed E-state index contributed by atoms with van der Waals surface area (Å²) in [5, 5.41) is 18.7. The molecule has 0 amide bonds. The summed E-state index contributed by atoms with van der Waals surface area (Å²) in [6.45, 7) is 7.49. The second-order valence-electron chi connectivity index (χ2n) is 11.7. The predicted octanol–water partition coefficient (Wildman–Crippen LogP) is 4.04. The van der Waals surface area contributed by atoms with Gasteiger partial charge in [0.15, 0.2) is 11.6 Å². The van der Waals surface area contributed by atoms with E-state index in [-0.39, 0.29) is 36.4 Å². The van der Waals surface area contributed by atoms with Crippen molar-refractivity contribution in [1.82, 2.24) is 0 Å². The number of carboxylic acids is 1. The van der Waals surface area contributed by atoms with Crippen molar-refractivity contribution in [2.75, 3.05) is 6.61 Å². The molecule has 2 aliphatic rings. The number of allylic oxidation sites excluding steroid dienone is 4. The van der Waals surface area contributed by atoms with E-state index in [2.05, 4.69) is 0 Å². The van der Waals surface area contributed by atoms with Gasteiger partial charge >= 0.3 is 5.97 Å². The summed E-state index contributed by atoms with van der Waals surface area (Å²) < 4.78 is 26.3. The molecule has 0 aromatic heterocycles. The number of aliphatic hydroxyl groups is 1. The van der Waals surface area contributed by atoms with Gasteiger partial charge < -0.3 is 19.3 Å². The number of aliphatic hydroxyl groups excluding tert-OH is 1. The van der Waals surface area contributed by atoms with Gasteiger partial charge in [0.25, 0.3) is 0 Å². The molecule has 0 saturated heterocycles. The third-order valence-corrected chi connectivity index (χ3v) is 10.9. The molecule has 0 bridgehead atoms. The molecule has 0 aromatic carbocycles. The van der Waals surface area contributed by atoms with Crippen LogP contribution in [-0.2, 0) is 35.9 Å². The summed E-state index contributed by atoms with van der Waals surface area (Å²) in [6.07, 6.45) is 9.46. The average Bonchev–Trinajstić information content (AvgIpc) is 2.82. The van der Waals surface area contributed by atoms with Crippen LogP contribution in [0.1, 0.15) is 105 Å². The standard InChI is InChI=1S/C28H44O7S2/c1-27(2,19-29)13-7-5-9-22-15-20(30)17-24(36(22)34)11-12-25-18-21(31)16-23(37(25)35)10-6-8-14-28(3,4)26(32)33/h15,18,29,36-37H,5-14,16-17,19H2,1-4H3,(H-2,32,33,34,35). The first-order valence-corrected chi connectivity index (χ1v) is 15.7. The Morgan fingerprint density at radius 3 is 1.84 bits per heavy atom. The van der Waals surface area contributed by atoms with Crippen LogP contribution >= 0.6 is 0 Å². The largest absolute Gasteiger partial charge is 0.646 e. The van der Waals surface area contributed by atoms with Crippen molar-refractivity contribution in [1.29, 1.82) is 0 Å². The van der Waals surface area contributed by atoms with Crippen molar-refractivity contribution >= 4 is 48.8 Å².